The van der Waals surface area contributed by atoms with Gasteiger partial charge in [-0.05, 0) is 37.2 Å². The van der Waals surface area contributed by atoms with Crippen molar-refractivity contribution < 1.29 is 13.6 Å². The zero-order chi connectivity index (χ0) is 23.9. The quantitative estimate of drug-likeness (QED) is 0.0465. The lowest BCUT2D eigenvalue weighted by Gasteiger charge is -2.28. The van der Waals surface area contributed by atoms with Gasteiger partial charge in [-0.2, -0.15) is 11.8 Å². The zero-order valence-corrected chi connectivity index (χ0v) is 24.6. The maximum absolute atomic E-state index is 11.6. The van der Waals surface area contributed by atoms with Crippen LogP contribution in [-0.2, 0) is 16.1 Å². The first-order valence-electron chi connectivity index (χ1n) is 13.0. The molecule has 2 unspecified atom stereocenters. The molecule has 7 heteroatoms. The van der Waals surface area contributed by atoms with Crippen LogP contribution in [0.5, 0.6) is 0 Å². The van der Waals surface area contributed by atoms with Crippen LogP contribution in [0.1, 0.15) is 117 Å². The highest BCUT2D eigenvalue weighted by atomic mass is 127. The van der Waals surface area contributed by atoms with Gasteiger partial charge in [0.1, 0.15) is 5.78 Å². The predicted octanol–water partition coefficient (Wildman–Crippen LogP) is 7.72. The van der Waals surface area contributed by atoms with Crippen molar-refractivity contribution in [1.82, 2.24) is 4.31 Å². The summed E-state index contributed by atoms with van der Waals surface area (Å²) in [6, 6.07) is 0. The topological polar surface area (TPSA) is 60.4 Å². The standard InChI is InChI=1S/C25H50INO3S2/c1-3-4-5-6-7-8-9-10-11-12-13-14-15-16-20-31-23-25(21-24(2)28)22-27(32(29)30)19-17-18-26/h25H,3-23H2,1-2H3,(H,29,30)/p-1. The molecule has 0 rings (SSSR count). The van der Waals surface area contributed by atoms with Crippen molar-refractivity contribution in [2.24, 2.45) is 5.92 Å². The van der Waals surface area contributed by atoms with Crippen LogP contribution in [-0.4, -0.2) is 47.9 Å². The normalized spacial score (nSPS) is 13.5. The maximum Gasteiger partial charge on any atom is 0.130 e. The van der Waals surface area contributed by atoms with Crippen LogP contribution in [0.3, 0.4) is 0 Å². The highest BCUT2D eigenvalue weighted by Crippen LogP contribution is 2.18. The molecule has 192 valence electrons. The van der Waals surface area contributed by atoms with Crippen molar-refractivity contribution in [3.8, 4) is 0 Å². The number of thioether (sulfide) groups is 1. The van der Waals surface area contributed by atoms with Gasteiger partial charge in [0.2, 0.25) is 0 Å². The molecule has 0 aliphatic carbocycles. The van der Waals surface area contributed by atoms with Crippen molar-refractivity contribution in [3.05, 3.63) is 0 Å². The molecule has 0 spiro atoms. The molecule has 32 heavy (non-hydrogen) atoms. The summed E-state index contributed by atoms with van der Waals surface area (Å²) in [6.45, 7) is 4.90. The van der Waals surface area contributed by atoms with E-state index < -0.39 is 11.3 Å². The molecule has 0 N–H and O–H groups in total. The van der Waals surface area contributed by atoms with E-state index in [4.69, 9.17) is 0 Å². The van der Waals surface area contributed by atoms with E-state index in [1.807, 2.05) is 11.8 Å². The minimum absolute atomic E-state index is 0.122. The fourth-order valence-electron chi connectivity index (χ4n) is 3.98. The molecule has 0 saturated heterocycles. The fourth-order valence-corrected chi connectivity index (χ4v) is 6.07. The molecule has 2 atom stereocenters. The van der Waals surface area contributed by atoms with E-state index in [-0.39, 0.29) is 11.7 Å². The Morgan fingerprint density at radius 2 is 1.41 bits per heavy atom. The Kier molecular flexibility index (Phi) is 25.6. The van der Waals surface area contributed by atoms with Gasteiger partial charge < -0.3 is 9.35 Å². The maximum atomic E-state index is 11.6. The van der Waals surface area contributed by atoms with Gasteiger partial charge >= 0.3 is 0 Å². The number of alkyl halides is 1. The van der Waals surface area contributed by atoms with Crippen LogP contribution < -0.4 is 0 Å². The fraction of sp³-hybridized carbons (Fsp3) is 0.960. The van der Waals surface area contributed by atoms with Crippen LogP contribution in [0.25, 0.3) is 0 Å². The van der Waals surface area contributed by atoms with Crippen LogP contribution in [0, 0.1) is 5.92 Å². The van der Waals surface area contributed by atoms with Gasteiger partial charge in [0.05, 0.1) is 0 Å². The Balaban J connectivity index is 3.70. The second-order valence-corrected chi connectivity index (χ2v) is 12.3. The van der Waals surface area contributed by atoms with Gasteiger partial charge in [-0.15, -0.1) is 0 Å². The monoisotopic (exact) mass is 602 g/mol. The highest BCUT2D eigenvalue weighted by Gasteiger charge is 2.17. The summed E-state index contributed by atoms with van der Waals surface area (Å²) in [5.74, 6) is 2.25. The molecule has 0 heterocycles. The lowest BCUT2D eigenvalue weighted by Crippen LogP contribution is -2.34. The van der Waals surface area contributed by atoms with E-state index in [2.05, 4.69) is 29.5 Å². The van der Waals surface area contributed by atoms with E-state index in [9.17, 15) is 13.6 Å². The van der Waals surface area contributed by atoms with Gasteiger partial charge in [-0.1, -0.05) is 113 Å². The number of rotatable bonds is 25. The number of carbonyl (C=O) groups is 1. The van der Waals surface area contributed by atoms with E-state index >= 15 is 0 Å². The van der Waals surface area contributed by atoms with Gasteiger partial charge in [0.15, 0.2) is 0 Å². The SMILES string of the molecule is CCCCCCCCCCCCCCCCSCC(CC(C)=O)CN(CCCI)S(=O)[O-]. The third kappa shape index (κ3) is 22.6. The van der Waals surface area contributed by atoms with Crippen molar-refractivity contribution in [2.45, 2.75) is 117 Å². The number of hydrogen-bond donors (Lipinski definition) is 0. The Hall–Kier alpha value is 0.820. The Morgan fingerprint density at radius 1 is 0.906 bits per heavy atom. The molecular weight excluding hydrogens is 553 g/mol. The molecule has 0 aliphatic rings. The van der Waals surface area contributed by atoms with Crippen LogP contribution in [0.4, 0.5) is 0 Å². The third-order valence-corrected chi connectivity index (χ3v) is 8.59. The lowest BCUT2D eigenvalue weighted by atomic mass is 10.0. The minimum Gasteiger partial charge on any atom is -0.760 e. The molecule has 0 radical (unpaired) electrons. The first kappa shape index (κ1) is 32.8. The number of ketones is 1. The van der Waals surface area contributed by atoms with Crippen LogP contribution in [0.15, 0.2) is 0 Å². The summed E-state index contributed by atoms with van der Waals surface area (Å²) in [6.07, 6.45) is 20.6. The Morgan fingerprint density at radius 3 is 1.84 bits per heavy atom. The van der Waals surface area contributed by atoms with Crippen molar-refractivity contribution in [2.75, 3.05) is 29.0 Å². The van der Waals surface area contributed by atoms with E-state index in [1.54, 1.807) is 6.92 Å². The first-order chi connectivity index (χ1) is 15.5. The predicted molar refractivity (Wildman–Crippen MR) is 150 cm³/mol. The largest absolute Gasteiger partial charge is 0.760 e. The number of carbonyl (C=O) groups excluding carboxylic acids is 1. The van der Waals surface area contributed by atoms with Crippen molar-refractivity contribution in [3.63, 3.8) is 0 Å². The second-order valence-electron chi connectivity index (χ2n) is 9.09. The molecule has 0 aliphatic heterocycles. The average molecular weight is 603 g/mol. The van der Waals surface area contributed by atoms with E-state index in [0.717, 1.165) is 22.4 Å². The molecule has 4 nitrogen and oxygen atoms in total. The number of hydrogen-bond acceptors (Lipinski definition) is 4. The second kappa shape index (κ2) is 24.9. The summed E-state index contributed by atoms with van der Waals surface area (Å²) in [5.41, 5.74) is 0. The van der Waals surface area contributed by atoms with E-state index in [0.29, 0.717) is 19.5 Å². The molecular formula is C25H49INO3S2-. The number of Topliss-reactive ketones (excluding diaryl/α,β-unsaturated/α-hetero) is 1. The average Bonchev–Trinajstić information content (AvgIpc) is 2.75. The molecule has 0 fully saturated rings. The van der Waals surface area contributed by atoms with Crippen LogP contribution >= 0.6 is 34.4 Å². The van der Waals surface area contributed by atoms with Crippen molar-refractivity contribution in [1.29, 1.82) is 0 Å². The molecule has 0 saturated carbocycles. The van der Waals surface area contributed by atoms with Gasteiger partial charge in [0.25, 0.3) is 0 Å². The van der Waals surface area contributed by atoms with Gasteiger partial charge in [-0.25, -0.2) is 4.31 Å². The summed E-state index contributed by atoms with van der Waals surface area (Å²) in [4.78, 5) is 11.6. The lowest BCUT2D eigenvalue weighted by molar-refractivity contribution is -0.117. The summed E-state index contributed by atoms with van der Waals surface area (Å²) >= 11 is 1.95. The zero-order valence-electron chi connectivity index (χ0n) is 20.8. The molecule has 0 aromatic rings. The van der Waals surface area contributed by atoms with E-state index in [1.165, 1.54) is 94.2 Å². The number of nitrogens with zero attached hydrogens (tertiary/aromatic N) is 1. The number of halogens is 1. The highest BCUT2D eigenvalue weighted by molar-refractivity contribution is 14.1. The first-order valence-corrected chi connectivity index (χ1v) is 16.7. The summed E-state index contributed by atoms with van der Waals surface area (Å²) in [5, 5.41) is 0. The van der Waals surface area contributed by atoms with Gasteiger partial charge in [0, 0.05) is 35.2 Å². The molecule has 0 aromatic heterocycles. The van der Waals surface area contributed by atoms with Gasteiger partial charge in [-0.3, -0.25) is 4.21 Å². The molecule has 0 bridgehead atoms. The van der Waals surface area contributed by atoms with Crippen molar-refractivity contribution >= 4 is 51.4 Å². The Bertz CT molecular complexity index is 455. The minimum atomic E-state index is -2.20. The number of unbranched alkanes of at least 4 members (excludes halogenated alkanes) is 13. The molecule has 0 amide bonds. The summed E-state index contributed by atoms with van der Waals surface area (Å²) < 4.78 is 25.4. The van der Waals surface area contributed by atoms with Crippen LogP contribution in [0.2, 0.25) is 0 Å². The summed E-state index contributed by atoms with van der Waals surface area (Å²) in [7, 11) is 0. The Labute approximate surface area is 219 Å². The molecule has 0 aromatic carbocycles. The third-order valence-electron chi connectivity index (χ3n) is 5.79. The smallest absolute Gasteiger partial charge is 0.130 e.